The van der Waals surface area contributed by atoms with Crippen molar-refractivity contribution < 1.29 is 0 Å². The van der Waals surface area contributed by atoms with Crippen LogP contribution in [0.1, 0.15) is 18.5 Å². The lowest BCUT2D eigenvalue weighted by molar-refractivity contribution is 0.648. The smallest absolute Gasteiger partial charge is 0.178 e. The van der Waals surface area contributed by atoms with E-state index in [9.17, 15) is 0 Å². The van der Waals surface area contributed by atoms with Gasteiger partial charge in [-0.3, -0.25) is 4.98 Å². The molecule has 0 amide bonds. The molecule has 0 radical (unpaired) electrons. The number of fused-ring (bicyclic) bond motifs is 1. The second-order valence-electron chi connectivity index (χ2n) is 4.39. The van der Waals surface area contributed by atoms with E-state index in [1.54, 1.807) is 12.4 Å². The maximum absolute atomic E-state index is 6.19. The Hall–Kier alpha value is -1.65. The molecule has 0 spiro atoms. The largest absolute Gasteiger partial charge is 0.329 e. The molecule has 0 aliphatic rings. The first-order chi connectivity index (χ1) is 9.18. The normalized spacial score (nSPS) is 12.7. The minimum atomic E-state index is 0.128. The SMILES string of the molecule is CC(c1ccncc1)n1c(=S)[nH]c2c(Cl)cccc21. The first-order valence-electron chi connectivity index (χ1n) is 5.97. The molecular weight excluding hydrogens is 278 g/mol. The first-order valence-corrected chi connectivity index (χ1v) is 6.76. The monoisotopic (exact) mass is 289 g/mol. The van der Waals surface area contributed by atoms with E-state index in [1.165, 1.54) is 0 Å². The van der Waals surface area contributed by atoms with Crippen LogP contribution in [0.2, 0.25) is 5.02 Å². The average Bonchev–Trinajstić information content (AvgIpc) is 2.77. The van der Waals surface area contributed by atoms with Gasteiger partial charge in [0.2, 0.25) is 0 Å². The number of halogens is 1. The number of nitrogens with one attached hydrogen (secondary N) is 1. The Morgan fingerprint density at radius 3 is 2.74 bits per heavy atom. The van der Waals surface area contributed by atoms with Crippen molar-refractivity contribution in [3.8, 4) is 0 Å². The Labute approximate surface area is 120 Å². The summed E-state index contributed by atoms with van der Waals surface area (Å²) in [6.07, 6.45) is 3.58. The van der Waals surface area contributed by atoms with Crippen molar-refractivity contribution in [1.82, 2.24) is 14.5 Å². The molecule has 0 bridgehead atoms. The minimum absolute atomic E-state index is 0.128. The minimum Gasteiger partial charge on any atom is -0.329 e. The molecule has 1 N–H and O–H groups in total. The zero-order valence-electron chi connectivity index (χ0n) is 10.3. The van der Waals surface area contributed by atoms with E-state index >= 15 is 0 Å². The molecule has 0 saturated heterocycles. The van der Waals surface area contributed by atoms with Gasteiger partial charge in [0.05, 0.1) is 22.1 Å². The van der Waals surface area contributed by atoms with Gasteiger partial charge in [-0.2, -0.15) is 0 Å². The number of H-pyrrole nitrogens is 1. The molecule has 1 unspecified atom stereocenters. The second kappa shape index (κ2) is 4.79. The molecule has 96 valence electrons. The van der Waals surface area contributed by atoms with Crippen LogP contribution in [0.3, 0.4) is 0 Å². The summed E-state index contributed by atoms with van der Waals surface area (Å²) in [6, 6.07) is 9.93. The Bertz CT molecular complexity index is 776. The van der Waals surface area contributed by atoms with Crippen molar-refractivity contribution in [2.75, 3.05) is 0 Å². The van der Waals surface area contributed by atoms with Crippen LogP contribution in [0.25, 0.3) is 11.0 Å². The summed E-state index contributed by atoms with van der Waals surface area (Å²) in [4.78, 5) is 7.22. The van der Waals surface area contributed by atoms with Crippen LogP contribution < -0.4 is 0 Å². The number of rotatable bonds is 2. The van der Waals surface area contributed by atoms with Crippen LogP contribution in [-0.4, -0.2) is 14.5 Å². The summed E-state index contributed by atoms with van der Waals surface area (Å²) in [6.45, 7) is 2.11. The maximum atomic E-state index is 6.19. The van der Waals surface area contributed by atoms with Crippen LogP contribution in [0.4, 0.5) is 0 Å². The van der Waals surface area contributed by atoms with Gasteiger partial charge in [-0.15, -0.1) is 0 Å². The molecule has 1 atom stereocenters. The molecule has 0 saturated carbocycles. The molecule has 3 aromatic rings. The quantitative estimate of drug-likeness (QED) is 0.711. The van der Waals surface area contributed by atoms with Gasteiger partial charge in [-0.05, 0) is 49.0 Å². The standard InChI is InChI=1S/C14H12ClN3S/c1-9(10-5-7-16-8-6-10)18-12-4-2-3-11(15)13(12)17-14(18)19/h2-9H,1H3,(H,17,19). The summed E-state index contributed by atoms with van der Waals surface area (Å²) < 4.78 is 2.75. The third kappa shape index (κ3) is 2.07. The highest BCUT2D eigenvalue weighted by atomic mass is 35.5. The lowest BCUT2D eigenvalue weighted by Gasteiger charge is -2.14. The zero-order valence-corrected chi connectivity index (χ0v) is 11.9. The summed E-state index contributed by atoms with van der Waals surface area (Å²) in [5, 5.41) is 0.685. The van der Waals surface area contributed by atoms with E-state index in [-0.39, 0.29) is 6.04 Å². The molecule has 2 heterocycles. The molecule has 3 nitrogen and oxygen atoms in total. The predicted molar refractivity (Wildman–Crippen MR) is 80.2 cm³/mol. The highest BCUT2D eigenvalue weighted by Gasteiger charge is 2.14. The number of pyridine rings is 1. The molecule has 0 aliphatic carbocycles. The number of aromatic amines is 1. The van der Waals surface area contributed by atoms with Crippen LogP contribution >= 0.6 is 23.8 Å². The van der Waals surface area contributed by atoms with Gasteiger partial charge in [-0.1, -0.05) is 17.7 Å². The van der Waals surface area contributed by atoms with Crippen LogP contribution in [0.5, 0.6) is 0 Å². The third-order valence-corrected chi connectivity index (χ3v) is 3.89. The lowest BCUT2D eigenvalue weighted by atomic mass is 10.1. The van der Waals surface area contributed by atoms with E-state index in [4.69, 9.17) is 23.8 Å². The molecule has 0 fully saturated rings. The van der Waals surface area contributed by atoms with E-state index < -0.39 is 0 Å². The van der Waals surface area contributed by atoms with Crippen LogP contribution in [0.15, 0.2) is 42.7 Å². The number of hydrogen-bond donors (Lipinski definition) is 1. The average molecular weight is 290 g/mol. The fourth-order valence-electron chi connectivity index (χ4n) is 2.29. The van der Waals surface area contributed by atoms with Gasteiger partial charge >= 0.3 is 0 Å². The summed E-state index contributed by atoms with van der Waals surface area (Å²) in [5.41, 5.74) is 3.06. The maximum Gasteiger partial charge on any atom is 0.178 e. The van der Waals surface area contributed by atoms with Crippen LogP contribution in [-0.2, 0) is 0 Å². The van der Waals surface area contributed by atoms with E-state index in [0.717, 1.165) is 16.6 Å². The molecular formula is C14H12ClN3S. The number of para-hydroxylation sites is 1. The third-order valence-electron chi connectivity index (χ3n) is 3.28. The fraction of sp³-hybridized carbons (Fsp3) is 0.143. The Balaban J connectivity index is 2.23. The molecule has 1 aromatic carbocycles. The van der Waals surface area contributed by atoms with Crippen molar-refractivity contribution in [3.05, 3.63) is 58.1 Å². The van der Waals surface area contributed by atoms with Crippen molar-refractivity contribution in [3.63, 3.8) is 0 Å². The first kappa shape index (κ1) is 12.4. The Kier molecular flexibility index (Phi) is 3.12. The number of nitrogens with zero attached hydrogens (tertiary/aromatic N) is 2. The van der Waals surface area contributed by atoms with Crippen molar-refractivity contribution in [1.29, 1.82) is 0 Å². The highest BCUT2D eigenvalue weighted by molar-refractivity contribution is 7.71. The van der Waals surface area contributed by atoms with Gasteiger partial charge in [0.15, 0.2) is 4.77 Å². The van der Waals surface area contributed by atoms with Crippen molar-refractivity contribution >= 4 is 34.9 Å². The van der Waals surface area contributed by atoms with E-state index in [2.05, 4.69) is 21.5 Å². The molecule has 19 heavy (non-hydrogen) atoms. The molecule has 2 aromatic heterocycles. The predicted octanol–water partition coefficient (Wildman–Crippen LogP) is 4.36. The number of aromatic nitrogens is 3. The Morgan fingerprint density at radius 2 is 2.00 bits per heavy atom. The Morgan fingerprint density at radius 1 is 1.26 bits per heavy atom. The molecule has 0 aliphatic heterocycles. The van der Waals surface area contributed by atoms with Gasteiger partial charge in [0.1, 0.15) is 0 Å². The zero-order chi connectivity index (χ0) is 13.4. The topological polar surface area (TPSA) is 33.6 Å². The fourth-order valence-corrected chi connectivity index (χ4v) is 2.86. The van der Waals surface area contributed by atoms with E-state index in [1.807, 2.05) is 30.3 Å². The summed E-state index contributed by atoms with van der Waals surface area (Å²) in [7, 11) is 0. The number of benzene rings is 1. The van der Waals surface area contributed by atoms with Crippen LogP contribution in [0, 0.1) is 4.77 Å². The van der Waals surface area contributed by atoms with Crippen molar-refractivity contribution in [2.45, 2.75) is 13.0 Å². The molecule has 5 heteroatoms. The van der Waals surface area contributed by atoms with Gasteiger partial charge in [-0.25, -0.2) is 0 Å². The van der Waals surface area contributed by atoms with Gasteiger partial charge in [0, 0.05) is 12.4 Å². The summed E-state index contributed by atoms with van der Waals surface area (Å²) in [5.74, 6) is 0. The van der Waals surface area contributed by atoms with Gasteiger partial charge < -0.3 is 9.55 Å². The lowest BCUT2D eigenvalue weighted by Crippen LogP contribution is -2.06. The van der Waals surface area contributed by atoms with E-state index in [0.29, 0.717) is 9.79 Å². The second-order valence-corrected chi connectivity index (χ2v) is 5.18. The summed E-state index contributed by atoms with van der Waals surface area (Å²) >= 11 is 11.6. The van der Waals surface area contributed by atoms with Crippen molar-refractivity contribution in [2.24, 2.45) is 0 Å². The number of imidazole rings is 1. The highest BCUT2D eigenvalue weighted by Crippen LogP contribution is 2.27. The molecule has 3 rings (SSSR count). The number of hydrogen-bond acceptors (Lipinski definition) is 2. The van der Waals surface area contributed by atoms with Gasteiger partial charge in [0.25, 0.3) is 0 Å².